The Kier molecular flexibility index (Phi) is 3.42. The molecule has 0 amide bonds. The summed E-state index contributed by atoms with van der Waals surface area (Å²) in [6, 6.07) is 0. The van der Waals surface area contributed by atoms with E-state index in [1.165, 1.54) is 0 Å². The van der Waals surface area contributed by atoms with Crippen molar-refractivity contribution in [1.29, 1.82) is 0 Å². The van der Waals surface area contributed by atoms with Gasteiger partial charge in [-0.05, 0) is 0 Å². The van der Waals surface area contributed by atoms with Gasteiger partial charge in [-0.3, -0.25) is 0 Å². The first kappa shape index (κ1) is 13.0. The Balaban J connectivity index is 3.35. The van der Waals surface area contributed by atoms with E-state index < -0.39 is 41.6 Å². The Hall–Kier alpha value is -2.03. The zero-order valence-corrected chi connectivity index (χ0v) is 8.28. The molecular weight excluding hydrogens is 243 g/mol. The largest absolute Gasteiger partial charge is 0.573 e. The van der Waals surface area contributed by atoms with Crippen LogP contribution < -0.4 is 16.2 Å². The highest BCUT2D eigenvalue weighted by atomic mass is 19.4. The monoisotopic (exact) mass is 251 g/mol. The molecule has 0 spiro atoms. The smallest absolute Gasteiger partial charge is 0.476 e. The topological polar surface area (TPSA) is 111 Å². The summed E-state index contributed by atoms with van der Waals surface area (Å²) >= 11 is 0. The third-order valence-electron chi connectivity index (χ3n) is 1.78. The molecule has 0 aromatic carbocycles. The van der Waals surface area contributed by atoms with Gasteiger partial charge in [-0.1, -0.05) is 0 Å². The van der Waals surface area contributed by atoms with Crippen molar-refractivity contribution in [3.63, 3.8) is 0 Å². The number of ether oxygens (including phenoxy) is 1. The lowest BCUT2D eigenvalue weighted by atomic mass is 10.1. The molecule has 0 unspecified atom stereocenters. The number of halogens is 3. The highest BCUT2D eigenvalue weighted by molar-refractivity contribution is 5.88. The van der Waals surface area contributed by atoms with Crippen molar-refractivity contribution in [3.05, 3.63) is 17.5 Å². The van der Waals surface area contributed by atoms with E-state index in [0.717, 1.165) is 6.20 Å². The van der Waals surface area contributed by atoms with Crippen LogP contribution in [0.3, 0.4) is 0 Å². The molecular formula is C8H8F3N3O3. The van der Waals surface area contributed by atoms with Crippen molar-refractivity contribution < 1.29 is 27.8 Å². The number of carbonyl (C=O) groups is 1. The van der Waals surface area contributed by atoms with Crippen molar-refractivity contribution in [1.82, 2.24) is 4.98 Å². The van der Waals surface area contributed by atoms with E-state index in [-0.39, 0.29) is 0 Å². The average molecular weight is 251 g/mol. The van der Waals surface area contributed by atoms with E-state index in [4.69, 9.17) is 16.6 Å². The maximum Gasteiger partial charge on any atom is 0.573 e. The minimum atomic E-state index is -4.99. The van der Waals surface area contributed by atoms with Crippen LogP contribution in [0.4, 0.5) is 18.9 Å². The zero-order chi connectivity index (χ0) is 13.2. The number of hydrogen-bond acceptors (Lipinski definition) is 5. The fraction of sp³-hybridized carbons (Fsp3) is 0.250. The number of nitrogens with two attached hydrogens (primary N) is 2. The molecule has 5 N–H and O–H groups in total. The second-order valence-electron chi connectivity index (χ2n) is 2.93. The third-order valence-corrected chi connectivity index (χ3v) is 1.78. The lowest BCUT2D eigenvalue weighted by Crippen LogP contribution is -2.21. The first-order valence-corrected chi connectivity index (χ1v) is 4.22. The van der Waals surface area contributed by atoms with Gasteiger partial charge in [0, 0.05) is 12.1 Å². The van der Waals surface area contributed by atoms with Crippen molar-refractivity contribution in [2.45, 2.75) is 12.9 Å². The predicted molar refractivity (Wildman–Crippen MR) is 50.2 cm³/mol. The molecule has 1 rings (SSSR count). The van der Waals surface area contributed by atoms with Gasteiger partial charge in [0.15, 0.2) is 11.4 Å². The molecule has 9 heteroatoms. The average Bonchev–Trinajstić information content (AvgIpc) is 2.18. The molecule has 0 saturated heterocycles. The van der Waals surface area contributed by atoms with Gasteiger partial charge in [-0.2, -0.15) is 0 Å². The summed E-state index contributed by atoms with van der Waals surface area (Å²) in [5.74, 6) is -2.34. The maximum absolute atomic E-state index is 12.1. The van der Waals surface area contributed by atoms with Crippen LogP contribution in [0.2, 0.25) is 0 Å². The Morgan fingerprint density at radius 1 is 1.53 bits per heavy atom. The summed E-state index contributed by atoms with van der Waals surface area (Å²) in [6.45, 7) is -0.495. The summed E-state index contributed by atoms with van der Waals surface area (Å²) < 4.78 is 39.9. The first-order valence-electron chi connectivity index (χ1n) is 4.22. The fourth-order valence-electron chi connectivity index (χ4n) is 1.16. The molecule has 0 radical (unpaired) electrons. The zero-order valence-electron chi connectivity index (χ0n) is 8.28. The van der Waals surface area contributed by atoms with E-state index >= 15 is 0 Å². The van der Waals surface area contributed by atoms with E-state index in [9.17, 15) is 18.0 Å². The molecule has 0 bridgehead atoms. The van der Waals surface area contributed by atoms with E-state index in [0.29, 0.717) is 0 Å². The summed E-state index contributed by atoms with van der Waals surface area (Å²) in [6.07, 6.45) is -4.22. The van der Waals surface area contributed by atoms with Gasteiger partial charge in [0.1, 0.15) is 0 Å². The van der Waals surface area contributed by atoms with Crippen LogP contribution in [-0.4, -0.2) is 22.4 Å². The van der Waals surface area contributed by atoms with Gasteiger partial charge in [0.05, 0.1) is 11.9 Å². The number of hydrogen-bond donors (Lipinski definition) is 3. The molecule has 0 aliphatic carbocycles. The van der Waals surface area contributed by atoms with Gasteiger partial charge in [-0.25, -0.2) is 9.78 Å². The van der Waals surface area contributed by atoms with Crippen LogP contribution in [-0.2, 0) is 6.54 Å². The lowest BCUT2D eigenvalue weighted by Gasteiger charge is -2.15. The molecule has 94 valence electrons. The minimum absolute atomic E-state index is 0.408. The summed E-state index contributed by atoms with van der Waals surface area (Å²) in [4.78, 5) is 14.1. The molecule has 0 fully saturated rings. The number of carboxylic acid groups (broad SMARTS) is 1. The Labute approximate surface area is 93.0 Å². The van der Waals surface area contributed by atoms with Crippen LogP contribution >= 0.6 is 0 Å². The van der Waals surface area contributed by atoms with Gasteiger partial charge < -0.3 is 21.3 Å². The predicted octanol–water partition coefficient (Wildman–Crippen LogP) is 0.719. The number of aromatic nitrogens is 1. The van der Waals surface area contributed by atoms with Crippen LogP contribution in [0.25, 0.3) is 0 Å². The standard InChI is InChI=1S/C8H8F3N3O3/c9-8(10,11)17-6-3(1-12)5(7(15)16)14-2-4(6)13/h2H,1,12-13H2,(H,15,16). The summed E-state index contributed by atoms with van der Waals surface area (Å²) in [5, 5.41) is 8.71. The van der Waals surface area contributed by atoms with Crippen molar-refractivity contribution in [3.8, 4) is 5.75 Å². The fourth-order valence-corrected chi connectivity index (χ4v) is 1.16. The highest BCUT2D eigenvalue weighted by Crippen LogP contribution is 2.32. The second-order valence-corrected chi connectivity index (χ2v) is 2.93. The molecule has 1 aromatic heterocycles. The van der Waals surface area contributed by atoms with Crippen LogP contribution in [0.1, 0.15) is 16.1 Å². The van der Waals surface area contributed by atoms with Crippen LogP contribution in [0, 0.1) is 0 Å². The highest BCUT2D eigenvalue weighted by Gasteiger charge is 2.34. The quantitative estimate of drug-likeness (QED) is 0.729. The van der Waals surface area contributed by atoms with Crippen LogP contribution in [0.5, 0.6) is 5.75 Å². The SMILES string of the molecule is NCc1c(C(=O)O)ncc(N)c1OC(F)(F)F. The van der Waals surface area contributed by atoms with Crippen LogP contribution in [0.15, 0.2) is 6.20 Å². The number of carboxylic acids is 1. The first-order chi connectivity index (χ1) is 7.76. The van der Waals surface area contributed by atoms with Crippen molar-refractivity contribution >= 4 is 11.7 Å². The number of rotatable bonds is 3. The Morgan fingerprint density at radius 3 is 2.53 bits per heavy atom. The van der Waals surface area contributed by atoms with E-state index in [1.807, 2.05) is 0 Å². The number of alkyl halides is 3. The molecule has 0 atom stereocenters. The normalized spacial score (nSPS) is 11.3. The number of nitrogen functional groups attached to an aromatic ring is 1. The third kappa shape index (κ3) is 2.97. The molecule has 1 heterocycles. The van der Waals surface area contributed by atoms with Crippen molar-refractivity contribution in [2.24, 2.45) is 5.73 Å². The second kappa shape index (κ2) is 4.45. The number of anilines is 1. The summed E-state index contributed by atoms with van der Waals surface area (Å²) in [7, 11) is 0. The Morgan fingerprint density at radius 2 is 2.12 bits per heavy atom. The maximum atomic E-state index is 12.1. The number of aromatic carboxylic acids is 1. The molecule has 17 heavy (non-hydrogen) atoms. The molecule has 6 nitrogen and oxygen atoms in total. The molecule has 1 aromatic rings. The lowest BCUT2D eigenvalue weighted by molar-refractivity contribution is -0.274. The van der Waals surface area contributed by atoms with E-state index in [2.05, 4.69) is 9.72 Å². The summed E-state index contributed by atoms with van der Waals surface area (Å²) in [5.41, 5.74) is 8.94. The van der Waals surface area contributed by atoms with Gasteiger partial charge in [0.25, 0.3) is 0 Å². The number of nitrogens with zero attached hydrogens (tertiary/aromatic N) is 1. The van der Waals surface area contributed by atoms with Crippen molar-refractivity contribution in [2.75, 3.05) is 5.73 Å². The minimum Gasteiger partial charge on any atom is -0.476 e. The molecule has 0 aliphatic heterocycles. The Bertz CT molecular complexity index is 448. The van der Waals surface area contributed by atoms with Gasteiger partial charge in [0.2, 0.25) is 0 Å². The van der Waals surface area contributed by atoms with Gasteiger partial charge in [-0.15, -0.1) is 13.2 Å². The molecule has 0 saturated carbocycles. The van der Waals surface area contributed by atoms with Gasteiger partial charge >= 0.3 is 12.3 Å². The number of pyridine rings is 1. The molecule has 0 aliphatic rings. The van der Waals surface area contributed by atoms with E-state index in [1.54, 1.807) is 0 Å².